The molecule has 0 aliphatic rings. The first-order valence-electron chi connectivity index (χ1n) is 6.94. The predicted molar refractivity (Wildman–Crippen MR) is 88.6 cm³/mol. The van der Waals surface area contributed by atoms with Gasteiger partial charge < -0.3 is 10.1 Å². The van der Waals surface area contributed by atoms with E-state index in [9.17, 15) is 9.18 Å². The molecule has 2 rings (SSSR count). The van der Waals surface area contributed by atoms with Crippen molar-refractivity contribution in [1.82, 2.24) is 0 Å². The lowest BCUT2D eigenvalue weighted by Gasteiger charge is -2.15. The van der Waals surface area contributed by atoms with Crippen molar-refractivity contribution in [1.29, 1.82) is 0 Å². The third-order valence-electron chi connectivity index (χ3n) is 2.83. The normalized spacial score (nSPS) is 10.6. The maximum absolute atomic E-state index is 13.4. The third kappa shape index (κ3) is 4.84. The van der Waals surface area contributed by atoms with Gasteiger partial charge in [-0.2, -0.15) is 0 Å². The standard InChI is InChI=1S/C17H17BrFNO2/c1-11(2)22-16-7-6-14(19)10-15(16)20-17(21)9-12-4-3-5-13(18)8-12/h3-8,10-11H,9H2,1-2H3,(H,20,21). The van der Waals surface area contributed by atoms with E-state index in [2.05, 4.69) is 21.2 Å². The summed E-state index contributed by atoms with van der Waals surface area (Å²) in [5.74, 6) is -0.190. The fourth-order valence-electron chi connectivity index (χ4n) is 1.98. The molecule has 0 heterocycles. The topological polar surface area (TPSA) is 38.3 Å². The molecule has 0 aliphatic heterocycles. The number of halogens is 2. The van der Waals surface area contributed by atoms with E-state index in [1.165, 1.54) is 18.2 Å². The molecule has 0 bridgehead atoms. The van der Waals surface area contributed by atoms with Crippen LogP contribution in [0.3, 0.4) is 0 Å². The van der Waals surface area contributed by atoms with E-state index in [0.717, 1.165) is 10.0 Å². The highest BCUT2D eigenvalue weighted by molar-refractivity contribution is 9.10. The molecule has 0 fully saturated rings. The molecular weight excluding hydrogens is 349 g/mol. The molecular formula is C17H17BrFNO2. The summed E-state index contributed by atoms with van der Waals surface area (Å²) >= 11 is 3.37. The smallest absolute Gasteiger partial charge is 0.228 e. The van der Waals surface area contributed by atoms with Gasteiger partial charge in [-0.3, -0.25) is 4.79 Å². The highest BCUT2D eigenvalue weighted by Gasteiger charge is 2.11. The predicted octanol–water partition coefficient (Wildman–Crippen LogP) is 4.56. The molecule has 2 aromatic carbocycles. The Morgan fingerprint density at radius 3 is 2.73 bits per heavy atom. The second-order valence-corrected chi connectivity index (χ2v) is 6.08. The summed E-state index contributed by atoms with van der Waals surface area (Å²) in [7, 11) is 0. The second-order valence-electron chi connectivity index (χ2n) is 5.16. The Morgan fingerprint density at radius 2 is 2.05 bits per heavy atom. The minimum absolute atomic E-state index is 0.0637. The number of nitrogens with one attached hydrogen (secondary N) is 1. The average molecular weight is 366 g/mol. The van der Waals surface area contributed by atoms with Gasteiger partial charge in [-0.15, -0.1) is 0 Å². The van der Waals surface area contributed by atoms with Crippen LogP contribution >= 0.6 is 15.9 Å². The molecule has 5 heteroatoms. The molecule has 0 spiro atoms. The van der Waals surface area contributed by atoms with E-state index >= 15 is 0 Å². The van der Waals surface area contributed by atoms with Gasteiger partial charge in [-0.25, -0.2) is 4.39 Å². The quantitative estimate of drug-likeness (QED) is 0.843. The number of hydrogen-bond acceptors (Lipinski definition) is 2. The van der Waals surface area contributed by atoms with E-state index in [0.29, 0.717) is 11.4 Å². The number of carbonyl (C=O) groups excluding carboxylic acids is 1. The number of rotatable bonds is 5. The van der Waals surface area contributed by atoms with Gasteiger partial charge in [-0.05, 0) is 43.7 Å². The van der Waals surface area contributed by atoms with E-state index in [1.807, 2.05) is 38.1 Å². The number of anilines is 1. The minimum atomic E-state index is -0.422. The SMILES string of the molecule is CC(C)Oc1ccc(F)cc1NC(=O)Cc1cccc(Br)c1. The maximum atomic E-state index is 13.4. The van der Waals surface area contributed by atoms with Crippen LogP contribution in [0.2, 0.25) is 0 Å². The summed E-state index contributed by atoms with van der Waals surface area (Å²) in [6.45, 7) is 3.74. The molecule has 0 aliphatic carbocycles. The molecule has 0 saturated heterocycles. The van der Waals surface area contributed by atoms with Gasteiger partial charge in [0, 0.05) is 10.5 Å². The summed E-state index contributed by atoms with van der Waals surface area (Å²) in [4.78, 5) is 12.1. The lowest BCUT2D eigenvalue weighted by molar-refractivity contribution is -0.115. The summed E-state index contributed by atoms with van der Waals surface area (Å²) in [5, 5.41) is 2.71. The molecule has 1 N–H and O–H groups in total. The first kappa shape index (κ1) is 16.5. The van der Waals surface area contributed by atoms with Gasteiger partial charge in [0.2, 0.25) is 5.91 Å². The molecule has 0 aromatic heterocycles. The number of benzene rings is 2. The van der Waals surface area contributed by atoms with Crippen LogP contribution in [0, 0.1) is 5.82 Å². The lowest BCUT2D eigenvalue weighted by Crippen LogP contribution is -2.16. The van der Waals surface area contributed by atoms with E-state index in [4.69, 9.17) is 4.74 Å². The molecule has 0 radical (unpaired) electrons. The molecule has 0 saturated carbocycles. The van der Waals surface area contributed by atoms with Gasteiger partial charge in [0.15, 0.2) is 0 Å². The molecule has 22 heavy (non-hydrogen) atoms. The Hall–Kier alpha value is -1.88. The van der Waals surface area contributed by atoms with Gasteiger partial charge in [0.05, 0.1) is 18.2 Å². The molecule has 0 unspecified atom stereocenters. The van der Waals surface area contributed by atoms with Crippen LogP contribution in [0.25, 0.3) is 0 Å². The van der Waals surface area contributed by atoms with Crippen LogP contribution in [0.4, 0.5) is 10.1 Å². The molecule has 116 valence electrons. The monoisotopic (exact) mass is 365 g/mol. The first-order valence-corrected chi connectivity index (χ1v) is 7.74. The Bertz CT molecular complexity index is 673. The molecule has 2 aromatic rings. The van der Waals surface area contributed by atoms with E-state index in [-0.39, 0.29) is 18.4 Å². The summed E-state index contributed by atoms with van der Waals surface area (Å²) in [6.07, 6.45) is 0.142. The Kier molecular flexibility index (Phi) is 5.55. The number of ether oxygens (including phenoxy) is 1. The summed E-state index contributed by atoms with van der Waals surface area (Å²) in [6, 6.07) is 11.6. The van der Waals surface area contributed by atoms with Crippen molar-refractivity contribution in [2.24, 2.45) is 0 Å². The molecule has 1 amide bonds. The Balaban J connectivity index is 2.12. The van der Waals surface area contributed by atoms with E-state index in [1.54, 1.807) is 0 Å². The Morgan fingerprint density at radius 1 is 1.27 bits per heavy atom. The Labute approximate surface area is 137 Å². The van der Waals surface area contributed by atoms with Crippen molar-refractivity contribution in [3.05, 3.63) is 58.3 Å². The molecule has 0 atom stereocenters. The van der Waals surface area contributed by atoms with Gasteiger partial charge >= 0.3 is 0 Å². The maximum Gasteiger partial charge on any atom is 0.228 e. The van der Waals surface area contributed by atoms with Crippen molar-refractivity contribution in [3.8, 4) is 5.75 Å². The van der Waals surface area contributed by atoms with Crippen LogP contribution < -0.4 is 10.1 Å². The van der Waals surface area contributed by atoms with E-state index < -0.39 is 5.82 Å². The van der Waals surface area contributed by atoms with Crippen molar-refractivity contribution in [3.63, 3.8) is 0 Å². The lowest BCUT2D eigenvalue weighted by atomic mass is 10.1. The zero-order valence-electron chi connectivity index (χ0n) is 12.4. The van der Waals surface area contributed by atoms with Gasteiger partial charge in [-0.1, -0.05) is 28.1 Å². The van der Waals surface area contributed by atoms with Crippen LogP contribution in [-0.2, 0) is 11.2 Å². The van der Waals surface area contributed by atoms with Crippen LogP contribution in [-0.4, -0.2) is 12.0 Å². The largest absolute Gasteiger partial charge is 0.489 e. The van der Waals surface area contributed by atoms with Crippen molar-refractivity contribution in [2.75, 3.05) is 5.32 Å². The fraction of sp³-hybridized carbons (Fsp3) is 0.235. The van der Waals surface area contributed by atoms with Gasteiger partial charge in [0.1, 0.15) is 11.6 Å². The number of hydrogen-bond donors (Lipinski definition) is 1. The zero-order chi connectivity index (χ0) is 16.1. The highest BCUT2D eigenvalue weighted by Crippen LogP contribution is 2.26. The number of carbonyl (C=O) groups is 1. The van der Waals surface area contributed by atoms with Crippen molar-refractivity contribution >= 4 is 27.5 Å². The minimum Gasteiger partial charge on any atom is -0.489 e. The zero-order valence-corrected chi connectivity index (χ0v) is 14.0. The fourth-order valence-corrected chi connectivity index (χ4v) is 2.43. The molecule has 3 nitrogen and oxygen atoms in total. The summed E-state index contributed by atoms with van der Waals surface area (Å²) < 4.78 is 19.9. The third-order valence-corrected chi connectivity index (χ3v) is 3.33. The first-order chi connectivity index (χ1) is 10.4. The average Bonchev–Trinajstić information content (AvgIpc) is 2.41. The van der Waals surface area contributed by atoms with Crippen LogP contribution in [0.5, 0.6) is 5.75 Å². The van der Waals surface area contributed by atoms with Crippen molar-refractivity contribution < 1.29 is 13.9 Å². The highest BCUT2D eigenvalue weighted by atomic mass is 79.9. The van der Waals surface area contributed by atoms with Gasteiger partial charge in [0.25, 0.3) is 0 Å². The second kappa shape index (κ2) is 7.40. The van der Waals surface area contributed by atoms with Crippen molar-refractivity contribution in [2.45, 2.75) is 26.4 Å². The van der Waals surface area contributed by atoms with Crippen LogP contribution in [0.15, 0.2) is 46.9 Å². The summed E-state index contributed by atoms with van der Waals surface area (Å²) in [5.41, 5.74) is 1.21. The number of amides is 1. The van der Waals surface area contributed by atoms with Crippen LogP contribution in [0.1, 0.15) is 19.4 Å².